The summed E-state index contributed by atoms with van der Waals surface area (Å²) in [7, 11) is 1.72. The molecule has 0 aliphatic heterocycles. The first kappa shape index (κ1) is 14.5. The van der Waals surface area contributed by atoms with Crippen LogP contribution in [0.3, 0.4) is 0 Å². The third-order valence-corrected chi connectivity index (χ3v) is 3.25. The monoisotopic (exact) mass is 257 g/mol. The zero-order chi connectivity index (χ0) is 12.5. The molecule has 1 heterocycles. The van der Waals surface area contributed by atoms with E-state index in [1.807, 2.05) is 22.6 Å². The predicted molar refractivity (Wildman–Crippen MR) is 73.5 cm³/mol. The highest BCUT2D eigenvalue weighted by atomic mass is 32.2. The number of methoxy groups -OCH3 is 1. The molecule has 0 fully saturated rings. The standard InChI is InChI=1S/C12H23N3OS/c1-4-6-13-11(10-17-3)12-5-7-14-15(12)8-9-16-2/h5,7,11,13H,4,6,8-10H2,1-3H3. The SMILES string of the molecule is CCCNC(CSC)c1ccnn1CCOC. The van der Waals surface area contributed by atoms with Crippen LogP contribution in [0.4, 0.5) is 0 Å². The zero-order valence-corrected chi connectivity index (χ0v) is 11.8. The van der Waals surface area contributed by atoms with Gasteiger partial charge in [0, 0.05) is 19.1 Å². The quantitative estimate of drug-likeness (QED) is 0.734. The van der Waals surface area contributed by atoms with Crippen molar-refractivity contribution in [2.45, 2.75) is 25.9 Å². The Morgan fingerprint density at radius 2 is 2.41 bits per heavy atom. The fourth-order valence-corrected chi connectivity index (χ4v) is 2.36. The normalized spacial score (nSPS) is 12.9. The van der Waals surface area contributed by atoms with E-state index in [0.29, 0.717) is 12.6 Å². The molecule has 0 radical (unpaired) electrons. The first-order chi connectivity index (χ1) is 8.33. The number of hydrogen-bond acceptors (Lipinski definition) is 4. The average molecular weight is 257 g/mol. The second kappa shape index (κ2) is 8.55. The summed E-state index contributed by atoms with van der Waals surface area (Å²) in [6.45, 7) is 4.75. The van der Waals surface area contributed by atoms with Crippen LogP contribution in [0.15, 0.2) is 12.3 Å². The van der Waals surface area contributed by atoms with Gasteiger partial charge in [-0.15, -0.1) is 0 Å². The number of thioether (sulfide) groups is 1. The first-order valence-corrected chi connectivity index (χ1v) is 7.45. The maximum Gasteiger partial charge on any atom is 0.0659 e. The van der Waals surface area contributed by atoms with Crippen LogP contribution in [0, 0.1) is 0 Å². The highest BCUT2D eigenvalue weighted by molar-refractivity contribution is 7.98. The van der Waals surface area contributed by atoms with E-state index in [2.05, 4.69) is 29.7 Å². The maximum atomic E-state index is 5.10. The van der Waals surface area contributed by atoms with Gasteiger partial charge in [-0.2, -0.15) is 16.9 Å². The molecule has 1 unspecified atom stereocenters. The Kier molecular flexibility index (Phi) is 7.32. The van der Waals surface area contributed by atoms with E-state index in [1.165, 1.54) is 5.69 Å². The lowest BCUT2D eigenvalue weighted by Crippen LogP contribution is -2.27. The lowest BCUT2D eigenvalue weighted by atomic mass is 10.2. The molecular weight excluding hydrogens is 234 g/mol. The van der Waals surface area contributed by atoms with Crippen molar-refractivity contribution >= 4 is 11.8 Å². The van der Waals surface area contributed by atoms with E-state index >= 15 is 0 Å². The molecule has 0 amide bonds. The van der Waals surface area contributed by atoms with Crippen molar-refractivity contribution in [1.82, 2.24) is 15.1 Å². The lowest BCUT2D eigenvalue weighted by Gasteiger charge is -2.19. The highest BCUT2D eigenvalue weighted by Gasteiger charge is 2.14. The Hall–Kier alpha value is -0.520. The fourth-order valence-electron chi connectivity index (χ4n) is 1.74. The van der Waals surface area contributed by atoms with Gasteiger partial charge >= 0.3 is 0 Å². The number of nitrogens with one attached hydrogen (secondary N) is 1. The highest BCUT2D eigenvalue weighted by Crippen LogP contribution is 2.16. The summed E-state index contributed by atoms with van der Waals surface area (Å²) in [5, 5.41) is 7.92. The Labute approximate surface area is 108 Å². The minimum Gasteiger partial charge on any atom is -0.383 e. The Morgan fingerprint density at radius 1 is 1.59 bits per heavy atom. The van der Waals surface area contributed by atoms with Crippen molar-refractivity contribution in [2.24, 2.45) is 0 Å². The molecular formula is C12H23N3OS. The molecule has 4 nitrogen and oxygen atoms in total. The van der Waals surface area contributed by atoms with Gasteiger partial charge in [0.15, 0.2) is 0 Å². The summed E-state index contributed by atoms with van der Waals surface area (Å²) in [6.07, 6.45) is 5.15. The van der Waals surface area contributed by atoms with Crippen LogP contribution >= 0.6 is 11.8 Å². The molecule has 0 saturated carbocycles. The molecule has 1 atom stereocenters. The summed E-state index contributed by atoms with van der Waals surface area (Å²) in [5.74, 6) is 1.07. The van der Waals surface area contributed by atoms with Crippen LogP contribution in [0.25, 0.3) is 0 Å². The molecule has 0 aromatic carbocycles. The zero-order valence-electron chi connectivity index (χ0n) is 11.0. The van der Waals surface area contributed by atoms with E-state index < -0.39 is 0 Å². The van der Waals surface area contributed by atoms with Crippen molar-refractivity contribution < 1.29 is 4.74 Å². The number of rotatable bonds is 9. The molecule has 0 saturated heterocycles. The fraction of sp³-hybridized carbons (Fsp3) is 0.750. The van der Waals surface area contributed by atoms with Gasteiger partial charge in [0.25, 0.3) is 0 Å². The molecule has 0 aliphatic carbocycles. The molecule has 1 aromatic heterocycles. The van der Waals surface area contributed by atoms with Gasteiger partial charge in [-0.25, -0.2) is 0 Å². The lowest BCUT2D eigenvalue weighted by molar-refractivity contribution is 0.182. The molecule has 98 valence electrons. The van der Waals surface area contributed by atoms with Crippen LogP contribution in [0.5, 0.6) is 0 Å². The van der Waals surface area contributed by atoms with Crippen LogP contribution in [-0.4, -0.2) is 42.1 Å². The number of hydrogen-bond donors (Lipinski definition) is 1. The van der Waals surface area contributed by atoms with Gasteiger partial charge in [0.1, 0.15) is 0 Å². The third kappa shape index (κ3) is 4.69. The minimum absolute atomic E-state index is 0.379. The number of nitrogens with zero attached hydrogens (tertiary/aromatic N) is 2. The number of aromatic nitrogens is 2. The molecule has 1 rings (SSSR count). The molecule has 0 spiro atoms. The van der Waals surface area contributed by atoms with E-state index in [9.17, 15) is 0 Å². The molecule has 1 aromatic rings. The second-order valence-electron chi connectivity index (χ2n) is 3.93. The predicted octanol–water partition coefficient (Wildman–Crippen LogP) is 1.93. The molecule has 17 heavy (non-hydrogen) atoms. The van der Waals surface area contributed by atoms with E-state index in [1.54, 1.807) is 7.11 Å². The smallest absolute Gasteiger partial charge is 0.0659 e. The third-order valence-electron chi connectivity index (χ3n) is 2.59. The van der Waals surface area contributed by atoms with Gasteiger partial charge in [0.2, 0.25) is 0 Å². The summed E-state index contributed by atoms with van der Waals surface area (Å²) in [5.41, 5.74) is 1.25. The van der Waals surface area contributed by atoms with Crippen molar-refractivity contribution in [1.29, 1.82) is 0 Å². The topological polar surface area (TPSA) is 39.1 Å². The summed E-state index contributed by atoms with van der Waals surface area (Å²) >= 11 is 1.86. The first-order valence-electron chi connectivity index (χ1n) is 6.06. The number of ether oxygens (including phenoxy) is 1. The van der Waals surface area contributed by atoms with E-state index in [0.717, 1.165) is 25.3 Å². The minimum atomic E-state index is 0.379. The maximum absolute atomic E-state index is 5.10. The van der Waals surface area contributed by atoms with Crippen molar-refractivity contribution in [2.75, 3.05) is 32.3 Å². The second-order valence-corrected chi connectivity index (χ2v) is 4.84. The largest absolute Gasteiger partial charge is 0.383 e. The van der Waals surface area contributed by atoms with Gasteiger partial charge in [-0.05, 0) is 25.3 Å². The summed E-state index contributed by atoms with van der Waals surface area (Å²) < 4.78 is 7.14. The summed E-state index contributed by atoms with van der Waals surface area (Å²) in [6, 6.07) is 2.48. The van der Waals surface area contributed by atoms with Crippen molar-refractivity contribution in [3.05, 3.63) is 18.0 Å². The Bertz CT molecular complexity index is 304. The molecule has 0 bridgehead atoms. The van der Waals surface area contributed by atoms with Gasteiger partial charge in [-0.3, -0.25) is 4.68 Å². The summed E-state index contributed by atoms with van der Waals surface area (Å²) in [4.78, 5) is 0. The Balaban J connectivity index is 2.67. The van der Waals surface area contributed by atoms with E-state index in [-0.39, 0.29) is 0 Å². The van der Waals surface area contributed by atoms with Crippen LogP contribution in [0.1, 0.15) is 25.1 Å². The average Bonchev–Trinajstić information content (AvgIpc) is 2.80. The van der Waals surface area contributed by atoms with Gasteiger partial charge in [-0.1, -0.05) is 6.92 Å². The molecule has 1 N–H and O–H groups in total. The molecule has 5 heteroatoms. The van der Waals surface area contributed by atoms with Gasteiger partial charge < -0.3 is 10.1 Å². The van der Waals surface area contributed by atoms with Crippen molar-refractivity contribution in [3.8, 4) is 0 Å². The van der Waals surface area contributed by atoms with Crippen LogP contribution < -0.4 is 5.32 Å². The van der Waals surface area contributed by atoms with Crippen LogP contribution in [-0.2, 0) is 11.3 Å². The Morgan fingerprint density at radius 3 is 3.06 bits per heavy atom. The van der Waals surface area contributed by atoms with Crippen LogP contribution in [0.2, 0.25) is 0 Å². The molecule has 0 aliphatic rings. The van der Waals surface area contributed by atoms with Gasteiger partial charge in [0.05, 0.1) is 24.9 Å². The van der Waals surface area contributed by atoms with E-state index in [4.69, 9.17) is 4.74 Å². The van der Waals surface area contributed by atoms with Crippen molar-refractivity contribution in [3.63, 3.8) is 0 Å².